The molecule has 0 bridgehead atoms. The van der Waals surface area contributed by atoms with Crippen LogP contribution in [0.15, 0.2) is 95.7 Å². The molecule has 0 aromatic heterocycles. The summed E-state index contributed by atoms with van der Waals surface area (Å²) in [4.78, 5) is 13.1. The molecule has 2 saturated heterocycles. The molecule has 3 heteroatoms. The highest BCUT2D eigenvalue weighted by atomic mass is 16.2. The van der Waals surface area contributed by atoms with Crippen molar-refractivity contribution >= 4 is 5.91 Å². The molecule has 4 atom stereocenters. The molecular formula is C29H30N2O. The first-order valence-electron chi connectivity index (χ1n) is 11.8. The van der Waals surface area contributed by atoms with Gasteiger partial charge in [0.2, 0.25) is 5.91 Å². The average Bonchev–Trinajstić information content (AvgIpc) is 3.17. The van der Waals surface area contributed by atoms with Gasteiger partial charge >= 0.3 is 0 Å². The predicted octanol–water partition coefficient (Wildman–Crippen LogP) is 5.56. The van der Waals surface area contributed by atoms with Gasteiger partial charge in [-0.25, -0.2) is 0 Å². The van der Waals surface area contributed by atoms with Gasteiger partial charge in [-0.2, -0.15) is 0 Å². The summed E-state index contributed by atoms with van der Waals surface area (Å²) in [6.45, 7) is 4.64. The third-order valence-corrected chi connectivity index (χ3v) is 8.07. The van der Waals surface area contributed by atoms with E-state index in [1.165, 1.54) is 28.0 Å². The molecule has 2 aliphatic carbocycles. The highest BCUT2D eigenvalue weighted by Crippen LogP contribution is 2.62. The molecule has 2 aromatic rings. The van der Waals surface area contributed by atoms with Crippen LogP contribution in [0.5, 0.6) is 0 Å². The Kier molecular flexibility index (Phi) is 4.27. The van der Waals surface area contributed by atoms with E-state index in [-0.39, 0.29) is 34.7 Å². The number of hydrogen-bond acceptors (Lipinski definition) is 2. The summed E-state index contributed by atoms with van der Waals surface area (Å²) in [5.41, 5.74) is 6.26. The summed E-state index contributed by atoms with van der Waals surface area (Å²) in [7, 11) is 0. The second-order valence-corrected chi connectivity index (χ2v) is 10.3. The Bertz CT molecular complexity index is 1160. The van der Waals surface area contributed by atoms with E-state index in [9.17, 15) is 4.79 Å². The van der Waals surface area contributed by atoms with Crippen LogP contribution in [0.4, 0.5) is 0 Å². The average molecular weight is 423 g/mol. The van der Waals surface area contributed by atoms with E-state index in [2.05, 4.69) is 103 Å². The smallest absolute Gasteiger partial charge is 0.221 e. The molecule has 2 N–H and O–H groups in total. The fraction of sp³-hybridized carbons (Fsp3) is 0.345. The van der Waals surface area contributed by atoms with E-state index in [1.807, 2.05) is 0 Å². The number of carbonyl (C=O) groups is 1. The second kappa shape index (κ2) is 6.96. The quantitative estimate of drug-likeness (QED) is 0.665. The van der Waals surface area contributed by atoms with Gasteiger partial charge in [-0.1, -0.05) is 98.3 Å². The van der Waals surface area contributed by atoms with Gasteiger partial charge in [0.05, 0.1) is 17.5 Å². The molecule has 4 unspecified atom stereocenters. The molecule has 162 valence electrons. The molecule has 2 aliphatic heterocycles. The maximum atomic E-state index is 13.1. The highest BCUT2D eigenvalue weighted by Gasteiger charge is 2.61. The van der Waals surface area contributed by atoms with Crippen molar-refractivity contribution in [2.45, 2.75) is 51.1 Å². The maximum absolute atomic E-state index is 13.1. The van der Waals surface area contributed by atoms with Gasteiger partial charge in [0, 0.05) is 23.5 Å². The van der Waals surface area contributed by atoms with Gasteiger partial charge in [0.25, 0.3) is 0 Å². The highest BCUT2D eigenvalue weighted by molar-refractivity contribution is 5.84. The zero-order valence-corrected chi connectivity index (χ0v) is 18.8. The lowest BCUT2D eigenvalue weighted by molar-refractivity contribution is -0.119. The van der Waals surface area contributed by atoms with E-state index >= 15 is 0 Å². The van der Waals surface area contributed by atoms with E-state index in [0.29, 0.717) is 6.42 Å². The third kappa shape index (κ3) is 2.70. The first-order chi connectivity index (χ1) is 15.5. The zero-order chi connectivity index (χ0) is 21.9. The van der Waals surface area contributed by atoms with Crippen LogP contribution < -0.4 is 10.6 Å². The van der Waals surface area contributed by atoms with Crippen molar-refractivity contribution in [2.75, 3.05) is 0 Å². The third-order valence-electron chi connectivity index (χ3n) is 8.07. The summed E-state index contributed by atoms with van der Waals surface area (Å²) in [6, 6.07) is 21.5. The number of piperidine rings is 1. The largest absolute Gasteiger partial charge is 0.380 e. The summed E-state index contributed by atoms with van der Waals surface area (Å²) < 4.78 is 0. The molecule has 0 saturated carbocycles. The van der Waals surface area contributed by atoms with Crippen molar-refractivity contribution in [3.8, 4) is 0 Å². The molecule has 2 aromatic carbocycles. The fourth-order valence-electron chi connectivity index (χ4n) is 6.74. The van der Waals surface area contributed by atoms with Crippen LogP contribution in [0.2, 0.25) is 0 Å². The van der Waals surface area contributed by atoms with Crippen LogP contribution in [0, 0.1) is 10.8 Å². The van der Waals surface area contributed by atoms with Crippen molar-refractivity contribution < 1.29 is 4.79 Å². The minimum absolute atomic E-state index is 0.0129. The summed E-state index contributed by atoms with van der Waals surface area (Å²) in [6.07, 6.45) is 9.72. The second-order valence-electron chi connectivity index (χ2n) is 10.3. The molecule has 2 heterocycles. The van der Waals surface area contributed by atoms with E-state index in [1.54, 1.807) is 0 Å². The Morgan fingerprint density at radius 2 is 1.59 bits per heavy atom. The molecule has 0 radical (unpaired) electrons. The van der Waals surface area contributed by atoms with Crippen molar-refractivity contribution in [3.05, 3.63) is 107 Å². The first-order valence-corrected chi connectivity index (χ1v) is 11.8. The van der Waals surface area contributed by atoms with Gasteiger partial charge in [-0.3, -0.25) is 4.79 Å². The summed E-state index contributed by atoms with van der Waals surface area (Å²) in [5, 5.41) is 7.46. The number of benzene rings is 2. The number of amides is 1. The maximum Gasteiger partial charge on any atom is 0.221 e. The minimum atomic E-state index is -0.329. The number of hydrogen-bond donors (Lipinski definition) is 2. The minimum Gasteiger partial charge on any atom is -0.380 e. The number of nitrogens with one attached hydrogen (secondary N) is 2. The van der Waals surface area contributed by atoms with Crippen LogP contribution in [0.25, 0.3) is 0 Å². The Morgan fingerprint density at radius 1 is 0.906 bits per heavy atom. The predicted molar refractivity (Wildman–Crippen MR) is 128 cm³/mol. The van der Waals surface area contributed by atoms with Crippen molar-refractivity contribution in [3.63, 3.8) is 0 Å². The van der Waals surface area contributed by atoms with Crippen molar-refractivity contribution in [2.24, 2.45) is 10.8 Å². The lowest BCUT2D eigenvalue weighted by atomic mass is 9.54. The van der Waals surface area contributed by atoms with Crippen LogP contribution in [0.1, 0.15) is 56.2 Å². The van der Waals surface area contributed by atoms with Crippen molar-refractivity contribution in [1.82, 2.24) is 10.6 Å². The molecular weight excluding hydrogens is 392 g/mol. The van der Waals surface area contributed by atoms with Gasteiger partial charge in [-0.05, 0) is 29.5 Å². The fourth-order valence-corrected chi connectivity index (χ4v) is 6.74. The molecule has 2 fully saturated rings. The van der Waals surface area contributed by atoms with Crippen LogP contribution in [0.3, 0.4) is 0 Å². The monoisotopic (exact) mass is 422 g/mol. The Hall–Kier alpha value is -3.07. The van der Waals surface area contributed by atoms with E-state index in [4.69, 9.17) is 0 Å². The van der Waals surface area contributed by atoms with E-state index in [0.717, 1.165) is 12.8 Å². The Labute approximate surface area is 190 Å². The number of rotatable bonds is 2. The first kappa shape index (κ1) is 19.6. The number of allylic oxidation sites excluding steroid dienone is 4. The van der Waals surface area contributed by atoms with Crippen LogP contribution in [-0.2, 0) is 4.79 Å². The van der Waals surface area contributed by atoms with Crippen molar-refractivity contribution in [1.29, 1.82) is 0 Å². The molecule has 1 amide bonds. The lowest BCUT2D eigenvalue weighted by Crippen LogP contribution is -2.57. The van der Waals surface area contributed by atoms with Gasteiger partial charge in [0.15, 0.2) is 0 Å². The standard InChI is InChI=1S/C29H30N2O/c1-28(2)17-23-29(22-16-10-9-15-21(22)28)18-24(32)31-27(29)25(19-11-5-3-6-12-19)26(30-23)20-13-7-4-8-14-20/h3-8,10-14,16-17,25-27,30H,9,15,18H2,1-2H3,(H,31,32). The topological polar surface area (TPSA) is 41.1 Å². The summed E-state index contributed by atoms with van der Waals surface area (Å²) in [5.74, 6) is 0.287. The Morgan fingerprint density at radius 3 is 2.31 bits per heavy atom. The van der Waals surface area contributed by atoms with E-state index < -0.39 is 0 Å². The molecule has 3 nitrogen and oxygen atoms in total. The molecule has 4 aliphatic rings. The normalized spacial score (nSPS) is 32.2. The van der Waals surface area contributed by atoms with Gasteiger partial charge < -0.3 is 10.6 Å². The van der Waals surface area contributed by atoms with Crippen LogP contribution in [-0.4, -0.2) is 11.9 Å². The Balaban J connectivity index is 1.60. The lowest BCUT2D eigenvalue weighted by Gasteiger charge is -2.55. The zero-order valence-electron chi connectivity index (χ0n) is 18.8. The SMILES string of the molecule is CC1(C)C=C2NC(c3ccccc3)C(c3ccccc3)C3NC(=O)CC23C2=C1CCC=C2. The molecule has 1 spiro atoms. The molecule has 32 heavy (non-hydrogen) atoms. The number of carbonyl (C=O) groups excluding carboxylic acids is 1. The molecule has 6 rings (SSSR count). The van der Waals surface area contributed by atoms with Gasteiger partial charge in [-0.15, -0.1) is 0 Å². The van der Waals surface area contributed by atoms with Crippen LogP contribution >= 0.6 is 0 Å². The van der Waals surface area contributed by atoms with Gasteiger partial charge in [0.1, 0.15) is 0 Å². The summed E-state index contributed by atoms with van der Waals surface area (Å²) >= 11 is 0.